The highest BCUT2D eigenvalue weighted by atomic mass is 16.5. The maximum Gasteiger partial charge on any atom is 0.220 e. The van der Waals surface area contributed by atoms with E-state index >= 15 is 0 Å². The average molecular weight is 354 g/mol. The van der Waals surface area contributed by atoms with Crippen LogP contribution in [0.5, 0.6) is 5.75 Å². The Balaban J connectivity index is 1.84. The number of hydrogen-bond donors (Lipinski definition) is 2. The SMILES string of the molecule is COc1cc(N2C(N)=NC(N)=NC23CCCCC3)cc(-n2cncn2)c1. The molecule has 0 bridgehead atoms. The number of aromatic nitrogens is 3. The van der Waals surface area contributed by atoms with Crippen molar-refractivity contribution < 1.29 is 4.74 Å². The van der Waals surface area contributed by atoms with Gasteiger partial charge in [0.2, 0.25) is 11.9 Å². The Bertz CT molecular complexity index is 852. The van der Waals surface area contributed by atoms with Crippen LogP contribution in [0.3, 0.4) is 0 Å². The molecule has 1 saturated carbocycles. The normalized spacial score (nSPS) is 19.2. The number of rotatable bonds is 3. The fraction of sp³-hybridized carbons (Fsp3) is 0.412. The van der Waals surface area contributed by atoms with Crippen LogP contribution >= 0.6 is 0 Å². The van der Waals surface area contributed by atoms with Gasteiger partial charge in [-0.25, -0.2) is 14.7 Å². The van der Waals surface area contributed by atoms with E-state index in [4.69, 9.17) is 21.2 Å². The van der Waals surface area contributed by atoms with E-state index in [1.54, 1.807) is 18.1 Å². The van der Waals surface area contributed by atoms with Crippen molar-refractivity contribution in [2.75, 3.05) is 12.0 Å². The minimum absolute atomic E-state index is 0.236. The van der Waals surface area contributed by atoms with Crippen LogP contribution in [0.1, 0.15) is 32.1 Å². The quantitative estimate of drug-likeness (QED) is 0.859. The van der Waals surface area contributed by atoms with Crippen LogP contribution < -0.4 is 21.1 Å². The summed E-state index contributed by atoms with van der Waals surface area (Å²) in [5, 5.41) is 4.21. The van der Waals surface area contributed by atoms with Crippen molar-refractivity contribution in [2.24, 2.45) is 21.5 Å². The largest absolute Gasteiger partial charge is 0.497 e. The van der Waals surface area contributed by atoms with E-state index < -0.39 is 5.66 Å². The zero-order chi connectivity index (χ0) is 18.1. The summed E-state index contributed by atoms with van der Waals surface area (Å²) in [6.45, 7) is 0. The van der Waals surface area contributed by atoms with Gasteiger partial charge in [-0.1, -0.05) is 6.42 Å². The molecule has 1 aliphatic heterocycles. The molecule has 26 heavy (non-hydrogen) atoms. The lowest BCUT2D eigenvalue weighted by atomic mass is 9.87. The van der Waals surface area contributed by atoms with Crippen LogP contribution in [-0.4, -0.2) is 39.5 Å². The van der Waals surface area contributed by atoms with Crippen molar-refractivity contribution in [3.8, 4) is 11.4 Å². The molecule has 1 fully saturated rings. The zero-order valence-corrected chi connectivity index (χ0v) is 14.7. The van der Waals surface area contributed by atoms with Gasteiger partial charge < -0.3 is 16.2 Å². The van der Waals surface area contributed by atoms with Gasteiger partial charge in [0.15, 0.2) is 0 Å². The third-order valence-electron chi connectivity index (χ3n) is 4.90. The highest BCUT2D eigenvalue weighted by Crippen LogP contribution is 2.40. The summed E-state index contributed by atoms with van der Waals surface area (Å²) in [6.07, 6.45) is 8.20. The van der Waals surface area contributed by atoms with Crippen LogP contribution in [-0.2, 0) is 0 Å². The highest BCUT2D eigenvalue weighted by molar-refractivity contribution is 6.05. The Hall–Kier alpha value is -3.10. The molecule has 2 heterocycles. The molecule has 1 spiro atoms. The standard InChI is InChI=1S/C17H22N8O/c1-26-14-8-12(24-11-20-10-21-24)7-13(9-14)25-16(19)22-15(18)23-17(25)5-3-2-4-6-17/h7-11H,2-6H2,1H3,(H4,18,19,22,23). The van der Waals surface area contributed by atoms with E-state index in [-0.39, 0.29) is 5.96 Å². The van der Waals surface area contributed by atoms with Crippen molar-refractivity contribution in [3.63, 3.8) is 0 Å². The van der Waals surface area contributed by atoms with Crippen molar-refractivity contribution >= 4 is 17.6 Å². The second kappa shape index (κ2) is 6.32. The first kappa shape index (κ1) is 16.4. The third kappa shape index (κ3) is 2.75. The second-order valence-electron chi connectivity index (χ2n) is 6.55. The van der Waals surface area contributed by atoms with Gasteiger partial charge in [-0.2, -0.15) is 10.1 Å². The summed E-state index contributed by atoms with van der Waals surface area (Å²) in [5.41, 5.74) is 13.4. The molecular weight excluding hydrogens is 332 g/mol. The molecule has 0 atom stereocenters. The molecule has 9 heteroatoms. The number of benzene rings is 1. The smallest absolute Gasteiger partial charge is 0.220 e. The predicted molar refractivity (Wildman–Crippen MR) is 99.5 cm³/mol. The molecule has 0 unspecified atom stereocenters. The minimum Gasteiger partial charge on any atom is -0.497 e. The fourth-order valence-electron chi connectivity index (χ4n) is 3.78. The third-order valence-corrected chi connectivity index (χ3v) is 4.90. The molecule has 2 aliphatic rings. The number of hydrogen-bond acceptors (Lipinski definition) is 8. The molecule has 136 valence electrons. The molecule has 4 rings (SSSR count). The van der Waals surface area contributed by atoms with E-state index in [2.05, 4.69) is 15.1 Å². The lowest BCUT2D eigenvalue weighted by molar-refractivity contribution is 0.305. The van der Waals surface area contributed by atoms with E-state index in [0.29, 0.717) is 11.7 Å². The fourth-order valence-corrected chi connectivity index (χ4v) is 3.78. The van der Waals surface area contributed by atoms with Crippen molar-refractivity contribution in [1.82, 2.24) is 14.8 Å². The van der Waals surface area contributed by atoms with E-state index in [9.17, 15) is 0 Å². The minimum atomic E-state index is -0.500. The van der Waals surface area contributed by atoms with Crippen LogP contribution in [0.2, 0.25) is 0 Å². The summed E-state index contributed by atoms with van der Waals surface area (Å²) in [4.78, 5) is 14.9. The van der Waals surface area contributed by atoms with E-state index in [1.807, 2.05) is 23.1 Å². The first-order valence-corrected chi connectivity index (χ1v) is 8.65. The number of methoxy groups -OCH3 is 1. The van der Waals surface area contributed by atoms with Crippen molar-refractivity contribution in [2.45, 2.75) is 37.8 Å². The van der Waals surface area contributed by atoms with E-state index in [1.165, 1.54) is 12.7 Å². The van der Waals surface area contributed by atoms with Gasteiger partial charge in [0.05, 0.1) is 18.5 Å². The van der Waals surface area contributed by atoms with Gasteiger partial charge >= 0.3 is 0 Å². The summed E-state index contributed by atoms with van der Waals surface area (Å²) in [6, 6.07) is 5.80. The molecule has 1 aromatic heterocycles. The Morgan fingerprint density at radius 3 is 2.54 bits per heavy atom. The van der Waals surface area contributed by atoms with Gasteiger partial charge in [-0.15, -0.1) is 0 Å². The highest BCUT2D eigenvalue weighted by Gasteiger charge is 2.42. The number of anilines is 1. The molecule has 1 aromatic carbocycles. The van der Waals surface area contributed by atoms with Crippen molar-refractivity contribution in [3.05, 3.63) is 30.9 Å². The van der Waals surface area contributed by atoms with Crippen molar-refractivity contribution in [1.29, 1.82) is 0 Å². The van der Waals surface area contributed by atoms with Gasteiger partial charge in [0.1, 0.15) is 24.1 Å². The number of nitrogens with zero attached hydrogens (tertiary/aromatic N) is 6. The Morgan fingerprint density at radius 2 is 1.85 bits per heavy atom. The maximum atomic E-state index is 6.31. The molecule has 0 amide bonds. The molecule has 4 N–H and O–H groups in total. The van der Waals surface area contributed by atoms with Gasteiger partial charge in [-0.05, 0) is 31.7 Å². The Morgan fingerprint density at radius 1 is 1.08 bits per heavy atom. The summed E-state index contributed by atoms with van der Waals surface area (Å²) < 4.78 is 7.16. The predicted octanol–water partition coefficient (Wildman–Crippen LogP) is 1.39. The summed E-state index contributed by atoms with van der Waals surface area (Å²) in [7, 11) is 1.63. The summed E-state index contributed by atoms with van der Waals surface area (Å²) >= 11 is 0. The Labute approximate surface area is 151 Å². The lowest BCUT2D eigenvalue weighted by Crippen LogP contribution is -2.58. The first-order valence-electron chi connectivity index (χ1n) is 8.65. The zero-order valence-electron chi connectivity index (χ0n) is 14.7. The maximum absolute atomic E-state index is 6.31. The molecule has 2 aromatic rings. The number of nitrogens with two attached hydrogens (primary N) is 2. The molecule has 9 nitrogen and oxygen atoms in total. The van der Waals surface area contributed by atoms with Crippen LogP contribution in [0.25, 0.3) is 5.69 Å². The van der Waals surface area contributed by atoms with Crippen LogP contribution in [0.15, 0.2) is 40.8 Å². The number of aliphatic imine (C=N–C) groups is 2. The monoisotopic (exact) mass is 354 g/mol. The van der Waals surface area contributed by atoms with Crippen LogP contribution in [0.4, 0.5) is 5.69 Å². The van der Waals surface area contributed by atoms with Crippen LogP contribution in [0, 0.1) is 0 Å². The molecule has 1 aliphatic carbocycles. The van der Waals surface area contributed by atoms with Gasteiger partial charge in [0.25, 0.3) is 0 Å². The van der Waals surface area contributed by atoms with Gasteiger partial charge in [-0.3, -0.25) is 4.90 Å². The summed E-state index contributed by atoms with van der Waals surface area (Å²) in [5.74, 6) is 1.27. The van der Waals surface area contributed by atoms with Gasteiger partial charge in [0, 0.05) is 12.1 Å². The average Bonchev–Trinajstić information content (AvgIpc) is 3.16. The molecule has 0 radical (unpaired) electrons. The first-order chi connectivity index (χ1) is 12.6. The molecular formula is C17H22N8O. The number of ether oxygens (including phenoxy) is 1. The second-order valence-corrected chi connectivity index (χ2v) is 6.55. The lowest BCUT2D eigenvalue weighted by Gasteiger charge is -2.45. The molecule has 0 saturated heterocycles. The Kier molecular flexibility index (Phi) is 3.98. The van der Waals surface area contributed by atoms with E-state index in [0.717, 1.165) is 37.1 Å². The number of guanidine groups is 2. The topological polar surface area (TPSA) is 120 Å².